The molecule has 0 unspecified atom stereocenters. The van der Waals surface area contributed by atoms with Gasteiger partial charge in [-0.05, 0) is 12.1 Å². The van der Waals surface area contributed by atoms with Crippen molar-refractivity contribution in [2.24, 2.45) is 10.4 Å². The summed E-state index contributed by atoms with van der Waals surface area (Å²) in [6.07, 6.45) is 3.74. The molecule has 1 heteroatoms. The first kappa shape index (κ1) is 7.41. The van der Waals surface area contributed by atoms with Gasteiger partial charge in [0, 0.05) is 6.20 Å². The Kier molecular flexibility index (Phi) is 2.46. The maximum absolute atomic E-state index is 3.59. The molecule has 0 saturated heterocycles. The van der Waals surface area contributed by atoms with Crippen molar-refractivity contribution >= 4 is 6.72 Å². The van der Waals surface area contributed by atoms with Crippen LogP contribution in [0.1, 0.15) is 20.8 Å². The highest BCUT2D eigenvalue weighted by Crippen LogP contribution is 2.13. The SMILES string of the molecule is C=N/C=C\C(C)(C)C. The number of hydrogen-bond acceptors (Lipinski definition) is 1. The summed E-state index contributed by atoms with van der Waals surface area (Å²) >= 11 is 0. The topological polar surface area (TPSA) is 12.4 Å². The lowest BCUT2D eigenvalue weighted by Crippen LogP contribution is -1.97. The fourth-order valence-corrected chi connectivity index (χ4v) is 0.276. The Hall–Kier alpha value is -0.590. The van der Waals surface area contributed by atoms with Crippen molar-refractivity contribution in [3.63, 3.8) is 0 Å². The van der Waals surface area contributed by atoms with Gasteiger partial charge in [-0.1, -0.05) is 26.8 Å². The minimum absolute atomic E-state index is 0.237. The van der Waals surface area contributed by atoms with Crippen molar-refractivity contribution < 1.29 is 0 Å². The van der Waals surface area contributed by atoms with E-state index in [2.05, 4.69) is 32.5 Å². The van der Waals surface area contributed by atoms with E-state index in [1.165, 1.54) is 0 Å². The van der Waals surface area contributed by atoms with Gasteiger partial charge in [-0.3, -0.25) is 4.99 Å². The second-order valence-electron chi connectivity index (χ2n) is 2.86. The average Bonchev–Trinajstić information content (AvgIpc) is 1.59. The molecule has 1 nitrogen and oxygen atoms in total. The molecule has 0 aliphatic heterocycles. The fourth-order valence-electron chi connectivity index (χ4n) is 0.276. The van der Waals surface area contributed by atoms with Gasteiger partial charge in [-0.2, -0.15) is 0 Å². The first-order valence-electron chi connectivity index (χ1n) is 2.70. The highest BCUT2D eigenvalue weighted by molar-refractivity contribution is 5.25. The summed E-state index contributed by atoms with van der Waals surface area (Å²) in [6, 6.07) is 0. The molecule has 0 amide bonds. The molecule has 0 aliphatic carbocycles. The predicted octanol–water partition coefficient (Wildman–Crippen LogP) is 2.25. The largest absolute Gasteiger partial charge is 0.273 e. The molecule has 0 saturated carbocycles. The Labute approximate surface area is 51.1 Å². The molecule has 0 radical (unpaired) electrons. The van der Waals surface area contributed by atoms with Crippen LogP contribution in [-0.2, 0) is 0 Å². The molecule has 0 atom stereocenters. The molecule has 0 aliphatic rings. The van der Waals surface area contributed by atoms with Gasteiger partial charge in [0.2, 0.25) is 0 Å². The van der Waals surface area contributed by atoms with E-state index in [9.17, 15) is 0 Å². The second kappa shape index (κ2) is 2.65. The van der Waals surface area contributed by atoms with Crippen molar-refractivity contribution in [1.82, 2.24) is 0 Å². The first-order valence-corrected chi connectivity index (χ1v) is 2.70. The van der Waals surface area contributed by atoms with Crippen molar-refractivity contribution in [2.45, 2.75) is 20.8 Å². The minimum atomic E-state index is 0.237. The smallest absolute Gasteiger partial charge is 0.0225 e. The van der Waals surface area contributed by atoms with Gasteiger partial charge in [0.15, 0.2) is 0 Å². The van der Waals surface area contributed by atoms with Crippen molar-refractivity contribution in [3.05, 3.63) is 12.3 Å². The minimum Gasteiger partial charge on any atom is -0.273 e. The summed E-state index contributed by atoms with van der Waals surface area (Å²) in [4.78, 5) is 3.59. The number of rotatable bonds is 1. The van der Waals surface area contributed by atoms with Crippen molar-refractivity contribution in [2.75, 3.05) is 0 Å². The lowest BCUT2D eigenvalue weighted by Gasteiger charge is -2.09. The summed E-state index contributed by atoms with van der Waals surface area (Å²) in [5, 5.41) is 0. The maximum Gasteiger partial charge on any atom is 0.0225 e. The zero-order valence-electron chi connectivity index (χ0n) is 5.81. The predicted molar refractivity (Wildman–Crippen MR) is 38.1 cm³/mol. The molecule has 0 aromatic heterocycles. The molecule has 0 fully saturated rings. The van der Waals surface area contributed by atoms with E-state index in [0.29, 0.717) is 0 Å². The number of allylic oxidation sites excluding steroid dienone is 1. The maximum atomic E-state index is 3.59. The average molecular weight is 111 g/mol. The first-order chi connectivity index (χ1) is 3.56. The molecule has 0 spiro atoms. The monoisotopic (exact) mass is 111 g/mol. The van der Waals surface area contributed by atoms with E-state index in [-0.39, 0.29) is 5.41 Å². The Bertz CT molecular complexity index is 95.4. The van der Waals surface area contributed by atoms with Crippen molar-refractivity contribution in [1.29, 1.82) is 0 Å². The number of nitrogens with zero attached hydrogens (tertiary/aromatic N) is 1. The summed E-state index contributed by atoms with van der Waals surface area (Å²) < 4.78 is 0. The molecular formula is C7H13N. The Morgan fingerprint density at radius 2 is 1.88 bits per heavy atom. The van der Waals surface area contributed by atoms with Gasteiger partial charge in [-0.25, -0.2) is 0 Å². The summed E-state index contributed by atoms with van der Waals surface area (Å²) in [6.45, 7) is 9.69. The van der Waals surface area contributed by atoms with Crippen LogP contribution in [-0.4, -0.2) is 6.72 Å². The van der Waals surface area contributed by atoms with Gasteiger partial charge in [0.1, 0.15) is 0 Å². The van der Waals surface area contributed by atoms with Crippen LogP contribution >= 0.6 is 0 Å². The third-order valence-electron chi connectivity index (χ3n) is 0.680. The lowest BCUT2D eigenvalue weighted by molar-refractivity contribution is 0.543. The van der Waals surface area contributed by atoms with Crippen LogP contribution in [0.25, 0.3) is 0 Å². The van der Waals surface area contributed by atoms with Crippen LogP contribution in [0.2, 0.25) is 0 Å². The Morgan fingerprint density at radius 3 is 2.00 bits per heavy atom. The molecule has 0 aromatic carbocycles. The summed E-state index contributed by atoms with van der Waals surface area (Å²) in [5.74, 6) is 0. The van der Waals surface area contributed by atoms with E-state index in [1.807, 2.05) is 6.08 Å². The van der Waals surface area contributed by atoms with Crippen molar-refractivity contribution in [3.8, 4) is 0 Å². The fraction of sp³-hybridized carbons (Fsp3) is 0.571. The quantitative estimate of drug-likeness (QED) is 0.460. The van der Waals surface area contributed by atoms with Gasteiger partial charge in [0.25, 0.3) is 0 Å². The Balaban J connectivity index is 3.69. The molecule has 0 aromatic rings. The van der Waals surface area contributed by atoms with Gasteiger partial charge in [-0.15, -0.1) is 0 Å². The second-order valence-corrected chi connectivity index (χ2v) is 2.86. The van der Waals surface area contributed by atoms with E-state index >= 15 is 0 Å². The highest BCUT2D eigenvalue weighted by atomic mass is 14.6. The van der Waals surface area contributed by atoms with E-state index in [4.69, 9.17) is 0 Å². The van der Waals surface area contributed by atoms with E-state index < -0.39 is 0 Å². The molecule has 8 heavy (non-hydrogen) atoms. The van der Waals surface area contributed by atoms with Gasteiger partial charge < -0.3 is 0 Å². The molecule has 0 N–H and O–H groups in total. The standard InChI is InChI=1S/C7H13N/c1-7(2,3)5-6-8-4/h5-6H,4H2,1-3H3/b6-5-. The molecule has 0 bridgehead atoms. The zero-order chi connectivity index (χ0) is 6.62. The third-order valence-corrected chi connectivity index (χ3v) is 0.680. The molecule has 0 rings (SSSR count). The van der Waals surface area contributed by atoms with Crippen LogP contribution in [0.4, 0.5) is 0 Å². The zero-order valence-corrected chi connectivity index (χ0v) is 5.81. The van der Waals surface area contributed by atoms with Crippen LogP contribution < -0.4 is 0 Å². The lowest BCUT2D eigenvalue weighted by atomic mass is 9.97. The molecule has 46 valence electrons. The third kappa shape index (κ3) is 5.41. The van der Waals surface area contributed by atoms with Gasteiger partial charge >= 0.3 is 0 Å². The van der Waals surface area contributed by atoms with Crippen LogP contribution in [0.15, 0.2) is 17.3 Å². The molecule has 0 heterocycles. The highest BCUT2D eigenvalue weighted by Gasteiger charge is 2.01. The molecular weight excluding hydrogens is 98.1 g/mol. The van der Waals surface area contributed by atoms with E-state index in [0.717, 1.165) is 0 Å². The summed E-state index contributed by atoms with van der Waals surface area (Å²) in [5.41, 5.74) is 0.237. The summed E-state index contributed by atoms with van der Waals surface area (Å²) in [7, 11) is 0. The van der Waals surface area contributed by atoms with E-state index in [1.54, 1.807) is 6.20 Å². The van der Waals surface area contributed by atoms with Crippen LogP contribution in [0.5, 0.6) is 0 Å². The normalized spacial score (nSPS) is 12.4. The Morgan fingerprint density at radius 1 is 1.38 bits per heavy atom. The number of hydrogen-bond donors (Lipinski definition) is 0. The van der Waals surface area contributed by atoms with Crippen LogP contribution in [0, 0.1) is 5.41 Å². The number of aliphatic imine (C=N–C) groups is 1. The van der Waals surface area contributed by atoms with Crippen LogP contribution in [0.3, 0.4) is 0 Å². The van der Waals surface area contributed by atoms with Gasteiger partial charge in [0.05, 0.1) is 0 Å².